The van der Waals surface area contributed by atoms with Crippen molar-refractivity contribution >= 4 is 5.69 Å². The lowest BCUT2D eigenvalue weighted by atomic mass is 10.2. The van der Waals surface area contributed by atoms with Crippen LogP contribution in [0.1, 0.15) is 11.1 Å². The highest BCUT2D eigenvalue weighted by Gasteiger charge is 2.04. The molecule has 0 bridgehead atoms. The van der Waals surface area contributed by atoms with Crippen molar-refractivity contribution in [1.82, 2.24) is 0 Å². The number of hydrogen-bond donors (Lipinski definition) is 1. The first kappa shape index (κ1) is 11.1. The monoisotopic (exact) mass is 228 g/mol. The van der Waals surface area contributed by atoms with Crippen LogP contribution in [-0.2, 0) is 6.54 Å². The van der Waals surface area contributed by atoms with Gasteiger partial charge in [0.15, 0.2) is 0 Å². The van der Waals surface area contributed by atoms with E-state index in [0.717, 1.165) is 11.3 Å². The second kappa shape index (κ2) is 5.08. The van der Waals surface area contributed by atoms with Gasteiger partial charge in [-0.15, -0.1) is 0 Å². The summed E-state index contributed by atoms with van der Waals surface area (Å²) in [5.41, 5.74) is 2.49. The highest BCUT2D eigenvalue weighted by Crippen LogP contribution is 2.25. The SMILES string of the molecule is COc1cc(C#N)ccc1NCc1ccoc1. The molecule has 0 saturated heterocycles. The van der Waals surface area contributed by atoms with E-state index in [0.29, 0.717) is 17.9 Å². The Balaban J connectivity index is 2.13. The lowest BCUT2D eigenvalue weighted by Crippen LogP contribution is -2.00. The minimum atomic E-state index is 0.579. The fourth-order valence-electron chi connectivity index (χ4n) is 1.50. The van der Waals surface area contributed by atoms with Crippen molar-refractivity contribution in [1.29, 1.82) is 5.26 Å². The third-order valence-corrected chi connectivity index (χ3v) is 2.39. The fourth-order valence-corrected chi connectivity index (χ4v) is 1.50. The number of benzene rings is 1. The summed E-state index contributed by atoms with van der Waals surface area (Å²) in [5, 5.41) is 12.0. The third-order valence-electron chi connectivity index (χ3n) is 2.39. The normalized spacial score (nSPS) is 9.65. The van der Waals surface area contributed by atoms with Crippen LogP contribution in [0.4, 0.5) is 5.69 Å². The number of rotatable bonds is 4. The quantitative estimate of drug-likeness (QED) is 0.874. The summed E-state index contributed by atoms with van der Waals surface area (Å²) in [4.78, 5) is 0. The van der Waals surface area contributed by atoms with Crippen molar-refractivity contribution in [3.63, 3.8) is 0 Å². The molecular formula is C13H12N2O2. The number of nitrogens with one attached hydrogen (secondary N) is 1. The van der Waals surface area contributed by atoms with Gasteiger partial charge in [-0.05, 0) is 18.2 Å². The van der Waals surface area contributed by atoms with Gasteiger partial charge < -0.3 is 14.5 Å². The van der Waals surface area contributed by atoms with Gasteiger partial charge in [-0.3, -0.25) is 0 Å². The van der Waals surface area contributed by atoms with Crippen LogP contribution in [-0.4, -0.2) is 7.11 Å². The van der Waals surface area contributed by atoms with Gasteiger partial charge in [-0.25, -0.2) is 0 Å². The molecule has 0 atom stereocenters. The average Bonchev–Trinajstić information content (AvgIpc) is 2.89. The average molecular weight is 228 g/mol. The highest BCUT2D eigenvalue weighted by atomic mass is 16.5. The molecule has 0 aliphatic rings. The highest BCUT2D eigenvalue weighted by molar-refractivity contribution is 5.59. The maximum atomic E-state index is 8.79. The van der Waals surface area contributed by atoms with E-state index in [-0.39, 0.29) is 0 Å². The standard InChI is InChI=1S/C13H12N2O2/c1-16-13-6-10(7-14)2-3-12(13)15-8-11-4-5-17-9-11/h2-6,9,15H,8H2,1H3. The van der Waals surface area contributed by atoms with E-state index in [1.54, 1.807) is 31.8 Å². The molecule has 0 spiro atoms. The second-order valence-electron chi connectivity index (χ2n) is 3.51. The van der Waals surface area contributed by atoms with Gasteiger partial charge in [-0.1, -0.05) is 0 Å². The van der Waals surface area contributed by atoms with Gasteiger partial charge in [-0.2, -0.15) is 5.26 Å². The number of ether oxygens (including phenoxy) is 1. The summed E-state index contributed by atoms with van der Waals surface area (Å²) in [6, 6.07) is 9.25. The number of nitrogens with zero attached hydrogens (tertiary/aromatic N) is 1. The lowest BCUT2D eigenvalue weighted by molar-refractivity contribution is 0.416. The number of methoxy groups -OCH3 is 1. The van der Waals surface area contributed by atoms with Crippen molar-refractivity contribution in [2.45, 2.75) is 6.54 Å². The summed E-state index contributed by atoms with van der Waals surface area (Å²) >= 11 is 0. The van der Waals surface area contributed by atoms with Crippen LogP contribution < -0.4 is 10.1 Å². The van der Waals surface area contributed by atoms with Gasteiger partial charge in [0, 0.05) is 18.2 Å². The van der Waals surface area contributed by atoms with Crippen LogP contribution in [0.3, 0.4) is 0 Å². The molecule has 17 heavy (non-hydrogen) atoms. The smallest absolute Gasteiger partial charge is 0.143 e. The van der Waals surface area contributed by atoms with Gasteiger partial charge in [0.1, 0.15) is 5.75 Å². The van der Waals surface area contributed by atoms with Crippen LogP contribution in [0.5, 0.6) is 5.75 Å². The maximum Gasteiger partial charge on any atom is 0.143 e. The van der Waals surface area contributed by atoms with Gasteiger partial charge in [0.25, 0.3) is 0 Å². The Morgan fingerprint density at radius 2 is 2.29 bits per heavy atom. The molecule has 2 aromatic rings. The second-order valence-corrected chi connectivity index (χ2v) is 3.51. The molecule has 1 aromatic carbocycles. The largest absolute Gasteiger partial charge is 0.495 e. The Bertz CT molecular complexity index is 527. The predicted octanol–water partition coefficient (Wildman–Crippen LogP) is 2.77. The summed E-state index contributed by atoms with van der Waals surface area (Å²) in [7, 11) is 1.58. The van der Waals surface area contributed by atoms with Crippen molar-refractivity contribution in [3.05, 3.63) is 47.9 Å². The zero-order valence-corrected chi connectivity index (χ0v) is 9.43. The molecule has 0 unspecified atom stereocenters. The Kier molecular flexibility index (Phi) is 3.31. The fraction of sp³-hybridized carbons (Fsp3) is 0.154. The van der Waals surface area contributed by atoms with Crippen LogP contribution in [0, 0.1) is 11.3 Å². The van der Waals surface area contributed by atoms with E-state index in [1.807, 2.05) is 12.1 Å². The number of anilines is 1. The molecule has 0 aliphatic carbocycles. The Labute approximate surface area is 99.4 Å². The Morgan fingerprint density at radius 3 is 2.94 bits per heavy atom. The zero-order valence-electron chi connectivity index (χ0n) is 9.43. The van der Waals surface area contributed by atoms with Crippen LogP contribution in [0.15, 0.2) is 41.2 Å². The molecule has 1 aromatic heterocycles. The van der Waals surface area contributed by atoms with Gasteiger partial charge in [0.2, 0.25) is 0 Å². The van der Waals surface area contributed by atoms with E-state index in [1.165, 1.54) is 0 Å². The molecule has 4 nitrogen and oxygen atoms in total. The van der Waals surface area contributed by atoms with E-state index in [4.69, 9.17) is 14.4 Å². The number of furan rings is 1. The number of nitriles is 1. The van der Waals surface area contributed by atoms with E-state index >= 15 is 0 Å². The molecule has 0 radical (unpaired) electrons. The van der Waals surface area contributed by atoms with Gasteiger partial charge in [0.05, 0.1) is 37.0 Å². The number of hydrogen-bond acceptors (Lipinski definition) is 4. The van der Waals surface area contributed by atoms with Crippen molar-refractivity contribution in [2.24, 2.45) is 0 Å². The Morgan fingerprint density at radius 1 is 1.41 bits per heavy atom. The maximum absolute atomic E-state index is 8.79. The minimum absolute atomic E-state index is 0.579. The van der Waals surface area contributed by atoms with Crippen LogP contribution in [0.25, 0.3) is 0 Å². The molecule has 0 saturated carbocycles. The van der Waals surface area contributed by atoms with E-state index < -0.39 is 0 Å². The minimum Gasteiger partial charge on any atom is -0.495 e. The molecule has 0 aliphatic heterocycles. The first-order chi connectivity index (χ1) is 8.33. The summed E-state index contributed by atoms with van der Waals surface area (Å²) in [6.07, 6.45) is 3.32. The summed E-state index contributed by atoms with van der Waals surface area (Å²) in [6.45, 7) is 0.652. The molecular weight excluding hydrogens is 216 g/mol. The molecule has 1 heterocycles. The third kappa shape index (κ3) is 2.58. The molecule has 0 amide bonds. The summed E-state index contributed by atoms with van der Waals surface area (Å²) < 4.78 is 10.2. The van der Waals surface area contributed by atoms with E-state index in [2.05, 4.69) is 11.4 Å². The topological polar surface area (TPSA) is 58.2 Å². The first-order valence-corrected chi connectivity index (χ1v) is 5.16. The predicted molar refractivity (Wildman–Crippen MR) is 63.7 cm³/mol. The molecule has 0 fully saturated rings. The van der Waals surface area contributed by atoms with Crippen molar-refractivity contribution in [3.8, 4) is 11.8 Å². The molecule has 4 heteroatoms. The molecule has 86 valence electrons. The lowest BCUT2D eigenvalue weighted by Gasteiger charge is -2.10. The van der Waals surface area contributed by atoms with Gasteiger partial charge >= 0.3 is 0 Å². The molecule has 2 rings (SSSR count). The zero-order chi connectivity index (χ0) is 12.1. The van der Waals surface area contributed by atoms with E-state index in [9.17, 15) is 0 Å². The molecule has 1 N–H and O–H groups in total. The first-order valence-electron chi connectivity index (χ1n) is 5.16. The van der Waals surface area contributed by atoms with Crippen molar-refractivity contribution < 1.29 is 9.15 Å². The van der Waals surface area contributed by atoms with Crippen LogP contribution in [0.2, 0.25) is 0 Å². The van der Waals surface area contributed by atoms with Crippen LogP contribution >= 0.6 is 0 Å². The van der Waals surface area contributed by atoms with Crippen molar-refractivity contribution in [2.75, 3.05) is 12.4 Å². The summed E-state index contributed by atoms with van der Waals surface area (Å²) in [5.74, 6) is 0.660. The Hall–Kier alpha value is -2.41.